The van der Waals surface area contributed by atoms with Crippen molar-refractivity contribution in [2.75, 3.05) is 6.79 Å². The van der Waals surface area contributed by atoms with Gasteiger partial charge in [-0.1, -0.05) is 15.9 Å². The summed E-state index contributed by atoms with van der Waals surface area (Å²) in [7, 11) is 3.06. The monoisotopic (exact) mass is 495 g/mol. The number of fused-ring (bicyclic) bond motifs is 4. The summed E-state index contributed by atoms with van der Waals surface area (Å²) in [6, 6.07) is 3.25. The second-order valence-corrected chi connectivity index (χ2v) is 9.72. The van der Waals surface area contributed by atoms with E-state index in [1.165, 1.54) is 16.4 Å². The van der Waals surface area contributed by atoms with Crippen molar-refractivity contribution in [1.29, 1.82) is 0 Å². The van der Waals surface area contributed by atoms with Crippen molar-refractivity contribution in [1.82, 2.24) is 13.9 Å². The number of aromatic nitrogens is 3. The standard InChI is InChI=1S/C20H22BrN3O7/c1-20(2)30-15-13(24-19(26)22(3)18(25)23(24)4)12(14-16(29-14)17(15)31-20)8-5-10-11(6-9(8)21)28-7-27-10/h5-6,12-17H,7H2,1-4H3/t12-,13-,14+,15+,16+,17+/m1/s1. The maximum Gasteiger partial charge on any atom is 0.347 e. The lowest BCUT2D eigenvalue weighted by atomic mass is 9.77. The molecule has 1 aliphatic carbocycles. The van der Waals surface area contributed by atoms with Crippen molar-refractivity contribution in [2.45, 2.75) is 56.0 Å². The molecule has 3 fully saturated rings. The minimum atomic E-state index is -0.831. The number of hydrogen-bond acceptors (Lipinski definition) is 7. The fraction of sp³-hybridized carbons (Fsp3) is 0.600. The Hall–Kier alpha value is -2.08. The lowest BCUT2D eigenvalue weighted by molar-refractivity contribution is -0.151. The lowest BCUT2D eigenvalue weighted by Crippen LogP contribution is -2.50. The first kappa shape index (κ1) is 19.6. The highest BCUT2D eigenvalue weighted by atomic mass is 79.9. The summed E-state index contributed by atoms with van der Waals surface area (Å²) >= 11 is 3.66. The van der Waals surface area contributed by atoms with Crippen LogP contribution in [0.15, 0.2) is 26.2 Å². The largest absolute Gasteiger partial charge is 0.454 e. The molecule has 1 saturated carbocycles. The van der Waals surface area contributed by atoms with Crippen LogP contribution in [0.4, 0.5) is 0 Å². The third kappa shape index (κ3) is 2.66. The molecule has 0 N–H and O–H groups in total. The maximum atomic E-state index is 13.1. The average molecular weight is 496 g/mol. The topological polar surface area (TPSA) is 98.4 Å². The normalized spacial score (nSPS) is 34.5. The van der Waals surface area contributed by atoms with Gasteiger partial charge in [0.1, 0.15) is 18.3 Å². The van der Waals surface area contributed by atoms with Gasteiger partial charge in [0, 0.05) is 24.5 Å². The van der Waals surface area contributed by atoms with Crippen LogP contribution in [-0.2, 0) is 28.3 Å². The Morgan fingerprint density at radius 1 is 0.968 bits per heavy atom. The summed E-state index contributed by atoms with van der Waals surface area (Å²) in [4.78, 5) is 25.7. The molecule has 0 spiro atoms. The zero-order chi connectivity index (χ0) is 21.8. The van der Waals surface area contributed by atoms with E-state index in [1.807, 2.05) is 26.0 Å². The number of ether oxygens (including phenoxy) is 5. The van der Waals surface area contributed by atoms with Crippen LogP contribution >= 0.6 is 15.9 Å². The average Bonchev–Trinajstić information content (AvgIpc) is 3.19. The molecule has 6 atom stereocenters. The molecule has 4 heterocycles. The summed E-state index contributed by atoms with van der Waals surface area (Å²) in [5.74, 6) is 0.176. The van der Waals surface area contributed by atoms with Gasteiger partial charge in [0.15, 0.2) is 17.3 Å². The fourth-order valence-electron chi connectivity index (χ4n) is 5.26. The van der Waals surface area contributed by atoms with Gasteiger partial charge in [-0.2, -0.15) is 0 Å². The predicted molar refractivity (Wildman–Crippen MR) is 109 cm³/mol. The maximum absolute atomic E-state index is 13.1. The summed E-state index contributed by atoms with van der Waals surface area (Å²) in [5.41, 5.74) is 0.0873. The first-order chi connectivity index (χ1) is 14.7. The smallest absolute Gasteiger partial charge is 0.347 e. The third-order valence-corrected chi connectivity index (χ3v) is 7.30. The van der Waals surface area contributed by atoms with Crippen LogP contribution in [-0.4, -0.2) is 50.9 Å². The van der Waals surface area contributed by atoms with Crippen molar-refractivity contribution in [3.8, 4) is 11.5 Å². The molecule has 0 bridgehead atoms. The van der Waals surface area contributed by atoms with Gasteiger partial charge in [0.05, 0.1) is 12.1 Å². The molecular formula is C20H22BrN3O7. The third-order valence-electron chi connectivity index (χ3n) is 6.61. The Labute approximate surface area is 185 Å². The van der Waals surface area contributed by atoms with Gasteiger partial charge in [-0.3, -0.25) is 0 Å². The van der Waals surface area contributed by atoms with Crippen molar-refractivity contribution < 1.29 is 23.7 Å². The van der Waals surface area contributed by atoms with E-state index in [9.17, 15) is 9.59 Å². The summed E-state index contributed by atoms with van der Waals surface area (Å²) in [6.07, 6.45) is -1.16. The Bertz CT molecular complexity index is 1210. The van der Waals surface area contributed by atoms with E-state index in [-0.39, 0.29) is 31.0 Å². The molecule has 31 heavy (non-hydrogen) atoms. The van der Waals surface area contributed by atoms with Gasteiger partial charge in [0.2, 0.25) is 6.79 Å². The number of epoxide rings is 1. The molecule has 0 unspecified atom stereocenters. The quantitative estimate of drug-likeness (QED) is 0.573. The van der Waals surface area contributed by atoms with E-state index < -0.39 is 29.3 Å². The van der Waals surface area contributed by atoms with E-state index in [4.69, 9.17) is 23.7 Å². The summed E-state index contributed by atoms with van der Waals surface area (Å²) in [6.45, 7) is 3.85. The predicted octanol–water partition coefficient (Wildman–Crippen LogP) is 1.00. The number of rotatable bonds is 2. The molecule has 1 aromatic carbocycles. The Morgan fingerprint density at radius 3 is 2.32 bits per heavy atom. The van der Waals surface area contributed by atoms with Gasteiger partial charge >= 0.3 is 11.4 Å². The molecule has 166 valence electrons. The van der Waals surface area contributed by atoms with Crippen LogP contribution in [0.5, 0.6) is 11.5 Å². The number of nitrogens with zero attached hydrogens (tertiary/aromatic N) is 3. The van der Waals surface area contributed by atoms with Crippen LogP contribution in [0, 0.1) is 0 Å². The number of benzene rings is 1. The molecule has 2 aromatic rings. The van der Waals surface area contributed by atoms with Crippen LogP contribution in [0.3, 0.4) is 0 Å². The van der Waals surface area contributed by atoms with E-state index in [1.54, 1.807) is 7.05 Å². The highest BCUT2D eigenvalue weighted by molar-refractivity contribution is 9.10. The summed E-state index contributed by atoms with van der Waals surface area (Å²) in [5, 5.41) is 0. The van der Waals surface area contributed by atoms with Gasteiger partial charge in [-0.15, -0.1) is 0 Å². The van der Waals surface area contributed by atoms with Crippen LogP contribution in [0.2, 0.25) is 0 Å². The molecule has 1 aromatic heterocycles. The Balaban J connectivity index is 1.57. The molecule has 11 heteroatoms. The molecule has 10 nitrogen and oxygen atoms in total. The van der Waals surface area contributed by atoms with Gasteiger partial charge < -0.3 is 23.7 Å². The summed E-state index contributed by atoms with van der Waals surface area (Å²) < 4.78 is 34.4. The number of halogens is 1. The second kappa shape index (κ2) is 6.25. The fourth-order valence-corrected chi connectivity index (χ4v) is 5.85. The molecular weight excluding hydrogens is 474 g/mol. The Morgan fingerprint density at radius 2 is 1.65 bits per heavy atom. The molecule has 2 saturated heterocycles. The lowest BCUT2D eigenvalue weighted by Gasteiger charge is -2.36. The molecule has 3 aliphatic heterocycles. The molecule has 4 aliphatic rings. The van der Waals surface area contributed by atoms with Crippen molar-refractivity contribution >= 4 is 15.9 Å². The van der Waals surface area contributed by atoms with Crippen molar-refractivity contribution in [2.24, 2.45) is 14.1 Å². The minimum Gasteiger partial charge on any atom is -0.454 e. The van der Waals surface area contributed by atoms with Crippen LogP contribution in [0.1, 0.15) is 31.4 Å². The minimum absolute atomic E-state index is 0.151. The Kier molecular flexibility index (Phi) is 3.95. The van der Waals surface area contributed by atoms with E-state index in [0.29, 0.717) is 11.5 Å². The highest BCUT2D eigenvalue weighted by Gasteiger charge is 2.67. The van der Waals surface area contributed by atoms with Crippen LogP contribution in [0.25, 0.3) is 0 Å². The second-order valence-electron chi connectivity index (χ2n) is 8.87. The SMILES string of the molecule is Cn1c(=O)n(C)n([C@H]2[C@@H]3OC(C)(C)O[C@@H]3[C@H]3O[C@H]3[C@@H]2c2cc3c(cc2Br)OCO3)c1=O. The molecule has 0 radical (unpaired) electrons. The van der Waals surface area contributed by atoms with Crippen molar-refractivity contribution in [3.05, 3.63) is 43.1 Å². The van der Waals surface area contributed by atoms with Gasteiger partial charge in [-0.25, -0.2) is 23.5 Å². The zero-order valence-electron chi connectivity index (χ0n) is 17.4. The number of hydrogen-bond donors (Lipinski definition) is 0. The first-order valence-electron chi connectivity index (χ1n) is 10.1. The van der Waals surface area contributed by atoms with Gasteiger partial charge in [-0.05, 0) is 31.5 Å². The van der Waals surface area contributed by atoms with Crippen molar-refractivity contribution in [3.63, 3.8) is 0 Å². The van der Waals surface area contributed by atoms with E-state index in [2.05, 4.69) is 15.9 Å². The highest BCUT2D eigenvalue weighted by Crippen LogP contribution is 2.58. The van der Waals surface area contributed by atoms with Crippen LogP contribution < -0.4 is 20.9 Å². The zero-order valence-corrected chi connectivity index (χ0v) is 19.0. The van der Waals surface area contributed by atoms with E-state index >= 15 is 0 Å². The van der Waals surface area contributed by atoms with Gasteiger partial charge in [0.25, 0.3) is 0 Å². The molecule has 0 amide bonds. The first-order valence-corrected chi connectivity index (χ1v) is 10.9. The van der Waals surface area contributed by atoms with E-state index in [0.717, 1.165) is 14.6 Å². The molecule has 6 rings (SSSR count).